The van der Waals surface area contributed by atoms with Crippen LogP contribution in [0.2, 0.25) is 0 Å². The minimum Gasteiger partial charge on any atom is -0.481 e. The van der Waals surface area contributed by atoms with E-state index in [1.165, 1.54) is 0 Å². The molecule has 2 heterocycles. The Labute approximate surface area is 166 Å². The lowest BCUT2D eigenvalue weighted by Crippen LogP contribution is -2.55. The normalized spacial score (nSPS) is 23.4. The van der Waals surface area contributed by atoms with Crippen LogP contribution in [0.3, 0.4) is 0 Å². The molecule has 0 bridgehead atoms. The third-order valence-electron chi connectivity index (χ3n) is 5.86. The van der Waals surface area contributed by atoms with Crippen LogP contribution in [0.5, 0.6) is 0 Å². The van der Waals surface area contributed by atoms with E-state index in [0.29, 0.717) is 25.6 Å². The van der Waals surface area contributed by atoms with Gasteiger partial charge in [-0.05, 0) is 49.8 Å². The largest absolute Gasteiger partial charge is 0.481 e. The number of carboxylic acid groups (broad SMARTS) is 1. The number of aliphatic carboxylic acids is 1. The summed E-state index contributed by atoms with van der Waals surface area (Å²) >= 11 is 0. The molecular formula is C21H31N3O4. The van der Waals surface area contributed by atoms with Gasteiger partial charge in [-0.25, -0.2) is 4.79 Å². The Bertz CT molecular complexity index is 703. The van der Waals surface area contributed by atoms with E-state index in [-0.39, 0.29) is 18.4 Å². The summed E-state index contributed by atoms with van der Waals surface area (Å²) in [6.07, 6.45) is 1.59. The van der Waals surface area contributed by atoms with Gasteiger partial charge in [0.15, 0.2) is 0 Å². The molecule has 1 aromatic carbocycles. The molecule has 0 spiro atoms. The van der Waals surface area contributed by atoms with Gasteiger partial charge in [0.05, 0.1) is 13.2 Å². The van der Waals surface area contributed by atoms with Crippen molar-refractivity contribution in [3.8, 4) is 0 Å². The lowest BCUT2D eigenvalue weighted by molar-refractivity contribution is -0.137. The molecule has 7 heteroatoms. The molecule has 0 radical (unpaired) electrons. The van der Waals surface area contributed by atoms with Crippen LogP contribution in [-0.2, 0) is 9.53 Å². The molecule has 28 heavy (non-hydrogen) atoms. The number of nitrogens with zero attached hydrogens (tertiary/aromatic N) is 2. The molecule has 2 atom stereocenters. The minimum absolute atomic E-state index is 0.102. The summed E-state index contributed by atoms with van der Waals surface area (Å²) in [5.74, 6) is -0.620. The number of benzene rings is 1. The molecular weight excluding hydrogens is 358 g/mol. The first-order valence-electron chi connectivity index (χ1n) is 10.1. The lowest BCUT2D eigenvalue weighted by Gasteiger charge is -2.45. The number of hydrogen-bond donors (Lipinski definition) is 2. The topological polar surface area (TPSA) is 82.1 Å². The number of nitrogens with one attached hydrogen (secondary N) is 1. The fourth-order valence-electron chi connectivity index (χ4n) is 4.25. The number of rotatable bonds is 5. The van der Waals surface area contributed by atoms with Crippen LogP contribution in [0.1, 0.15) is 30.4 Å². The zero-order valence-electron chi connectivity index (χ0n) is 16.8. The number of anilines is 1. The first-order chi connectivity index (χ1) is 13.4. The molecule has 2 fully saturated rings. The number of carbonyl (C=O) groups excluding carboxylic acids is 1. The van der Waals surface area contributed by atoms with E-state index in [0.717, 1.165) is 49.5 Å². The molecule has 2 N–H and O–H groups in total. The quantitative estimate of drug-likeness (QED) is 0.809. The van der Waals surface area contributed by atoms with Crippen LogP contribution in [-0.4, -0.2) is 72.3 Å². The first-order valence-corrected chi connectivity index (χ1v) is 10.1. The number of hydrogen-bond acceptors (Lipinski definition) is 4. The number of carboxylic acids is 1. The van der Waals surface area contributed by atoms with Crippen LogP contribution >= 0.6 is 0 Å². The van der Waals surface area contributed by atoms with E-state index < -0.39 is 5.97 Å². The van der Waals surface area contributed by atoms with Gasteiger partial charge >= 0.3 is 12.0 Å². The number of ether oxygens (including phenoxy) is 1. The molecule has 154 valence electrons. The maximum atomic E-state index is 12.9. The van der Waals surface area contributed by atoms with Crippen molar-refractivity contribution in [3.63, 3.8) is 0 Å². The summed E-state index contributed by atoms with van der Waals surface area (Å²) in [5, 5.41) is 12.2. The second kappa shape index (κ2) is 9.39. The van der Waals surface area contributed by atoms with E-state index >= 15 is 0 Å². The lowest BCUT2D eigenvalue weighted by atomic mass is 9.87. The highest BCUT2D eigenvalue weighted by molar-refractivity contribution is 5.90. The number of morpholine rings is 1. The highest BCUT2D eigenvalue weighted by Crippen LogP contribution is 2.28. The van der Waals surface area contributed by atoms with Crippen molar-refractivity contribution < 1.29 is 19.4 Å². The molecule has 2 aliphatic heterocycles. The van der Waals surface area contributed by atoms with E-state index in [1.807, 2.05) is 36.9 Å². The van der Waals surface area contributed by atoms with Crippen LogP contribution in [0.4, 0.5) is 10.5 Å². The van der Waals surface area contributed by atoms with Gasteiger partial charge < -0.3 is 20.1 Å². The van der Waals surface area contributed by atoms with Gasteiger partial charge in [-0.15, -0.1) is 0 Å². The SMILES string of the molecule is Cc1ccc(C)c(NC(=O)N2CC[C@H](N3CCOCC3)[C@H](CCC(=O)O)C2)c1. The van der Waals surface area contributed by atoms with E-state index in [1.54, 1.807) is 0 Å². The smallest absolute Gasteiger partial charge is 0.321 e. The van der Waals surface area contributed by atoms with Gasteiger partial charge in [0.1, 0.15) is 0 Å². The number of carbonyl (C=O) groups is 2. The Morgan fingerprint density at radius 3 is 2.68 bits per heavy atom. The zero-order chi connectivity index (χ0) is 20.1. The van der Waals surface area contributed by atoms with Gasteiger partial charge in [-0.3, -0.25) is 9.69 Å². The third-order valence-corrected chi connectivity index (χ3v) is 5.86. The monoisotopic (exact) mass is 389 g/mol. The van der Waals surface area contributed by atoms with Crippen molar-refractivity contribution in [2.24, 2.45) is 5.92 Å². The van der Waals surface area contributed by atoms with E-state index in [9.17, 15) is 9.59 Å². The maximum absolute atomic E-state index is 12.9. The predicted molar refractivity (Wildman–Crippen MR) is 108 cm³/mol. The van der Waals surface area contributed by atoms with Crippen LogP contribution in [0.25, 0.3) is 0 Å². The Kier molecular flexibility index (Phi) is 6.91. The summed E-state index contributed by atoms with van der Waals surface area (Å²) < 4.78 is 5.46. The van der Waals surface area contributed by atoms with Crippen molar-refractivity contribution in [2.45, 2.75) is 39.2 Å². The Balaban J connectivity index is 1.66. The maximum Gasteiger partial charge on any atom is 0.321 e. The molecule has 0 aromatic heterocycles. The van der Waals surface area contributed by atoms with Crippen LogP contribution in [0, 0.1) is 19.8 Å². The van der Waals surface area contributed by atoms with Gasteiger partial charge in [-0.1, -0.05) is 12.1 Å². The van der Waals surface area contributed by atoms with Gasteiger partial charge in [0.2, 0.25) is 0 Å². The van der Waals surface area contributed by atoms with Crippen molar-refractivity contribution >= 4 is 17.7 Å². The van der Waals surface area contributed by atoms with Crippen LogP contribution in [0.15, 0.2) is 18.2 Å². The third kappa shape index (κ3) is 5.23. The average Bonchev–Trinajstić information content (AvgIpc) is 2.69. The summed E-state index contributed by atoms with van der Waals surface area (Å²) in [7, 11) is 0. The predicted octanol–water partition coefficient (Wildman–Crippen LogP) is 2.72. The highest BCUT2D eigenvalue weighted by atomic mass is 16.5. The van der Waals surface area contributed by atoms with Crippen molar-refractivity contribution in [2.75, 3.05) is 44.7 Å². The second-order valence-corrected chi connectivity index (χ2v) is 7.89. The second-order valence-electron chi connectivity index (χ2n) is 7.89. The van der Waals surface area contributed by atoms with E-state index in [4.69, 9.17) is 9.84 Å². The summed E-state index contributed by atoms with van der Waals surface area (Å²) in [5.41, 5.74) is 2.97. The molecule has 7 nitrogen and oxygen atoms in total. The fraction of sp³-hybridized carbons (Fsp3) is 0.619. The number of piperidine rings is 1. The molecule has 2 amide bonds. The zero-order valence-corrected chi connectivity index (χ0v) is 16.8. The fourth-order valence-corrected chi connectivity index (χ4v) is 4.25. The molecule has 2 saturated heterocycles. The Hall–Kier alpha value is -2.12. The number of likely N-dealkylation sites (tertiary alicyclic amines) is 1. The summed E-state index contributed by atoms with van der Waals surface area (Å²) in [6, 6.07) is 6.23. The highest BCUT2D eigenvalue weighted by Gasteiger charge is 2.35. The average molecular weight is 389 g/mol. The standard InChI is InChI=1S/C21H31N3O4/c1-15-3-4-16(2)18(13-15)22-21(27)24-8-7-19(23-9-11-28-12-10-23)17(14-24)5-6-20(25)26/h3-4,13,17,19H,5-12,14H2,1-2H3,(H,22,27)(H,25,26)/t17-,19+/m1/s1. The Morgan fingerprint density at radius 1 is 1.21 bits per heavy atom. The molecule has 2 aliphatic rings. The molecule has 1 aromatic rings. The van der Waals surface area contributed by atoms with Crippen LogP contribution < -0.4 is 5.32 Å². The Morgan fingerprint density at radius 2 is 1.96 bits per heavy atom. The minimum atomic E-state index is -0.780. The van der Waals surface area contributed by atoms with Gasteiger partial charge in [0, 0.05) is 44.3 Å². The number of amides is 2. The van der Waals surface area contributed by atoms with Gasteiger partial charge in [-0.2, -0.15) is 0 Å². The molecule has 0 aliphatic carbocycles. The number of urea groups is 1. The van der Waals surface area contributed by atoms with Crippen molar-refractivity contribution in [3.05, 3.63) is 29.3 Å². The molecule has 0 unspecified atom stereocenters. The van der Waals surface area contributed by atoms with Crippen molar-refractivity contribution in [1.29, 1.82) is 0 Å². The van der Waals surface area contributed by atoms with Crippen molar-refractivity contribution in [1.82, 2.24) is 9.80 Å². The van der Waals surface area contributed by atoms with Gasteiger partial charge in [0.25, 0.3) is 0 Å². The summed E-state index contributed by atoms with van der Waals surface area (Å²) in [4.78, 5) is 28.2. The summed E-state index contributed by atoms with van der Waals surface area (Å²) in [6.45, 7) is 8.46. The first kappa shape index (κ1) is 20.6. The molecule has 3 rings (SSSR count). The number of aryl methyl sites for hydroxylation is 2. The molecule has 0 saturated carbocycles. The van der Waals surface area contributed by atoms with E-state index in [2.05, 4.69) is 10.2 Å².